The Hall–Kier alpha value is -2.69. The number of methoxy groups -OCH3 is 1. The van der Waals surface area contributed by atoms with E-state index in [1.807, 2.05) is 48.5 Å². The van der Waals surface area contributed by atoms with Gasteiger partial charge < -0.3 is 20.5 Å². The zero-order chi connectivity index (χ0) is 16.5. The highest BCUT2D eigenvalue weighted by molar-refractivity contribution is 5.77. The van der Waals surface area contributed by atoms with Gasteiger partial charge in [0.2, 0.25) is 0 Å². The maximum atomic E-state index is 5.84. The predicted octanol–water partition coefficient (Wildman–Crippen LogP) is 3.30. The summed E-state index contributed by atoms with van der Waals surface area (Å²) in [6, 6.07) is 15.3. The molecule has 0 amide bonds. The molecule has 0 atom stereocenters. The topological polar surface area (TPSA) is 68.9 Å². The van der Waals surface area contributed by atoms with Crippen LogP contribution in [0.2, 0.25) is 0 Å². The van der Waals surface area contributed by atoms with Gasteiger partial charge in [-0.15, -0.1) is 0 Å². The molecule has 0 heterocycles. The van der Waals surface area contributed by atoms with Crippen molar-refractivity contribution in [3.05, 3.63) is 54.1 Å². The smallest absolute Gasteiger partial charge is 0.188 e. The first-order valence-electron chi connectivity index (χ1n) is 7.66. The lowest BCUT2D eigenvalue weighted by Gasteiger charge is -2.10. The van der Waals surface area contributed by atoms with Crippen molar-refractivity contribution >= 4 is 5.96 Å². The molecule has 3 N–H and O–H groups in total. The van der Waals surface area contributed by atoms with Crippen LogP contribution in [0.15, 0.2) is 53.5 Å². The molecule has 2 aromatic rings. The van der Waals surface area contributed by atoms with E-state index in [9.17, 15) is 0 Å². The Kier molecular flexibility index (Phi) is 6.29. The molecule has 0 aromatic heterocycles. The Bertz CT molecular complexity index is 639. The molecule has 0 saturated carbocycles. The van der Waals surface area contributed by atoms with Gasteiger partial charge in [-0.2, -0.15) is 0 Å². The molecule has 0 radical (unpaired) electrons. The highest BCUT2D eigenvalue weighted by Gasteiger charge is 2.04. The van der Waals surface area contributed by atoms with E-state index in [1.165, 1.54) is 0 Å². The van der Waals surface area contributed by atoms with Gasteiger partial charge in [-0.1, -0.05) is 31.2 Å². The van der Waals surface area contributed by atoms with Crippen LogP contribution in [0.5, 0.6) is 17.2 Å². The fraction of sp³-hybridized carbons (Fsp3) is 0.278. The first-order valence-corrected chi connectivity index (χ1v) is 7.66. The summed E-state index contributed by atoms with van der Waals surface area (Å²) in [6.07, 6.45) is 1.02. The van der Waals surface area contributed by atoms with Crippen LogP contribution < -0.4 is 20.5 Å². The summed E-state index contributed by atoms with van der Waals surface area (Å²) in [6.45, 7) is 3.46. The summed E-state index contributed by atoms with van der Waals surface area (Å²) in [4.78, 5) is 4.30. The average Bonchev–Trinajstić information content (AvgIpc) is 2.59. The number of nitrogens with one attached hydrogen (secondary N) is 1. The minimum Gasteiger partial charge on any atom is -0.493 e. The number of guanidine groups is 1. The Morgan fingerprint density at radius 1 is 1.09 bits per heavy atom. The average molecular weight is 313 g/mol. The first kappa shape index (κ1) is 16.7. The van der Waals surface area contributed by atoms with Crippen LogP contribution in [0, 0.1) is 0 Å². The summed E-state index contributed by atoms with van der Waals surface area (Å²) < 4.78 is 11.1. The minimum absolute atomic E-state index is 0.473. The monoisotopic (exact) mass is 313 g/mol. The fourth-order valence-electron chi connectivity index (χ4n) is 1.98. The lowest BCUT2D eigenvalue weighted by atomic mass is 10.2. The van der Waals surface area contributed by atoms with Gasteiger partial charge in [-0.05, 0) is 36.2 Å². The maximum absolute atomic E-state index is 5.84. The van der Waals surface area contributed by atoms with Gasteiger partial charge in [0.1, 0.15) is 5.75 Å². The highest BCUT2D eigenvalue weighted by atomic mass is 16.5. The van der Waals surface area contributed by atoms with Crippen LogP contribution in [-0.2, 0) is 6.54 Å². The standard InChI is InChI=1S/C18H23N3O2/c1-3-12-20-18(19)21-13-14-8-10-15(11-9-14)23-17-7-5-4-6-16(17)22-2/h4-11H,3,12-13H2,1-2H3,(H3,19,20,21). The SMILES string of the molecule is CCCNC(N)=NCc1ccc(Oc2ccccc2OC)cc1. The zero-order valence-corrected chi connectivity index (χ0v) is 13.6. The third-order valence-electron chi connectivity index (χ3n) is 3.21. The van der Waals surface area contributed by atoms with Gasteiger partial charge in [-0.3, -0.25) is 0 Å². The molecule has 0 aliphatic rings. The number of nitrogens with zero attached hydrogens (tertiary/aromatic N) is 1. The Labute approximate surface area is 137 Å². The molecule has 0 spiro atoms. The Morgan fingerprint density at radius 3 is 2.43 bits per heavy atom. The molecule has 0 unspecified atom stereocenters. The van der Waals surface area contributed by atoms with Gasteiger partial charge in [0.05, 0.1) is 13.7 Å². The maximum Gasteiger partial charge on any atom is 0.188 e. The van der Waals surface area contributed by atoms with Crippen LogP contribution in [-0.4, -0.2) is 19.6 Å². The van der Waals surface area contributed by atoms with E-state index >= 15 is 0 Å². The lowest BCUT2D eigenvalue weighted by Crippen LogP contribution is -2.32. The number of hydrogen-bond donors (Lipinski definition) is 2. The van der Waals surface area contributed by atoms with Crippen molar-refractivity contribution in [1.82, 2.24) is 5.32 Å². The second-order valence-electron chi connectivity index (χ2n) is 5.03. The van der Waals surface area contributed by atoms with Gasteiger partial charge in [-0.25, -0.2) is 4.99 Å². The number of hydrogen-bond acceptors (Lipinski definition) is 3. The van der Waals surface area contributed by atoms with E-state index in [1.54, 1.807) is 7.11 Å². The van der Waals surface area contributed by atoms with E-state index in [2.05, 4.69) is 17.2 Å². The molecule has 0 aliphatic heterocycles. The van der Waals surface area contributed by atoms with Gasteiger partial charge in [0, 0.05) is 6.54 Å². The van der Waals surface area contributed by atoms with Crippen molar-refractivity contribution in [2.24, 2.45) is 10.7 Å². The number of ether oxygens (including phenoxy) is 2. The normalized spacial score (nSPS) is 11.1. The van der Waals surface area contributed by atoms with E-state index in [4.69, 9.17) is 15.2 Å². The van der Waals surface area contributed by atoms with Crippen molar-refractivity contribution in [2.45, 2.75) is 19.9 Å². The molecular formula is C18H23N3O2. The van der Waals surface area contributed by atoms with Crippen molar-refractivity contribution < 1.29 is 9.47 Å². The molecule has 5 nitrogen and oxygen atoms in total. The fourth-order valence-corrected chi connectivity index (χ4v) is 1.98. The number of benzene rings is 2. The quantitative estimate of drug-likeness (QED) is 0.608. The van der Waals surface area contributed by atoms with Crippen molar-refractivity contribution in [3.8, 4) is 17.2 Å². The van der Waals surface area contributed by atoms with Crippen LogP contribution in [0.3, 0.4) is 0 Å². The van der Waals surface area contributed by atoms with Crippen molar-refractivity contribution in [1.29, 1.82) is 0 Å². The first-order chi connectivity index (χ1) is 11.2. The predicted molar refractivity (Wildman–Crippen MR) is 93.1 cm³/mol. The van der Waals surface area contributed by atoms with Crippen LogP contribution in [0.1, 0.15) is 18.9 Å². The Balaban J connectivity index is 1.97. The molecule has 122 valence electrons. The lowest BCUT2D eigenvalue weighted by molar-refractivity contribution is 0.379. The van der Waals surface area contributed by atoms with Crippen molar-refractivity contribution in [2.75, 3.05) is 13.7 Å². The number of rotatable bonds is 7. The molecule has 23 heavy (non-hydrogen) atoms. The molecule has 0 bridgehead atoms. The number of aliphatic imine (C=N–C) groups is 1. The van der Waals surface area contributed by atoms with Gasteiger partial charge >= 0.3 is 0 Å². The number of para-hydroxylation sites is 2. The summed E-state index contributed by atoms with van der Waals surface area (Å²) in [7, 11) is 1.63. The molecule has 0 saturated heterocycles. The summed E-state index contributed by atoms with van der Waals surface area (Å²) >= 11 is 0. The summed E-state index contributed by atoms with van der Waals surface area (Å²) in [5, 5.41) is 3.05. The zero-order valence-electron chi connectivity index (χ0n) is 13.6. The molecule has 0 aliphatic carbocycles. The van der Waals surface area contributed by atoms with Gasteiger partial charge in [0.25, 0.3) is 0 Å². The van der Waals surface area contributed by atoms with Crippen LogP contribution in [0.4, 0.5) is 0 Å². The van der Waals surface area contributed by atoms with Crippen LogP contribution >= 0.6 is 0 Å². The molecule has 2 rings (SSSR count). The van der Waals surface area contributed by atoms with Crippen LogP contribution in [0.25, 0.3) is 0 Å². The molecule has 5 heteroatoms. The van der Waals surface area contributed by atoms with E-state index in [-0.39, 0.29) is 0 Å². The van der Waals surface area contributed by atoms with Gasteiger partial charge in [0.15, 0.2) is 17.5 Å². The summed E-state index contributed by atoms with van der Waals surface area (Å²) in [5.41, 5.74) is 6.84. The minimum atomic E-state index is 0.473. The highest BCUT2D eigenvalue weighted by Crippen LogP contribution is 2.30. The van der Waals surface area contributed by atoms with E-state index in [0.717, 1.165) is 24.3 Å². The largest absolute Gasteiger partial charge is 0.493 e. The molecular weight excluding hydrogens is 290 g/mol. The second-order valence-corrected chi connectivity index (χ2v) is 5.03. The third-order valence-corrected chi connectivity index (χ3v) is 3.21. The molecule has 0 fully saturated rings. The Morgan fingerprint density at radius 2 is 1.78 bits per heavy atom. The third kappa shape index (κ3) is 5.21. The van der Waals surface area contributed by atoms with E-state index < -0.39 is 0 Å². The number of nitrogens with two attached hydrogens (primary N) is 1. The summed E-state index contributed by atoms with van der Waals surface area (Å²) in [5.74, 6) is 2.62. The second kappa shape index (κ2) is 8.68. The van der Waals surface area contributed by atoms with Crippen molar-refractivity contribution in [3.63, 3.8) is 0 Å². The van der Waals surface area contributed by atoms with E-state index in [0.29, 0.717) is 24.0 Å². The molecule has 2 aromatic carbocycles.